The molecule has 3 unspecified atom stereocenters. The number of hydrazine groups is 1. The number of rotatable bonds is 7. The van der Waals surface area contributed by atoms with Crippen LogP contribution < -0.4 is 10.9 Å². The van der Waals surface area contributed by atoms with Gasteiger partial charge in [-0.3, -0.25) is 5.43 Å². The van der Waals surface area contributed by atoms with Crippen LogP contribution in [0.3, 0.4) is 0 Å². The smallest absolute Gasteiger partial charge is 0.123 e. The van der Waals surface area contributed by atoms with E-state index in [9.17, 15) is 9.50 Å². The standard InChI is InChI=1S/C24H32FN3O/c25-22-9-4-8-20(14-22)23-21(15-26-27-23)16-28-13-5-11-24(17-28,18-29)12-10-19-6-2-1-3-7-19/h1-4,6-9,14,21,23,26-27,29H,5,10-13,15-18H2. The summed E-state index contributed by atoms with van der Waals surface area (Å²) in [6, 6.07) is 17.6. The van der Waals surface area contributed by atoms with Crippen molar-refractivity contribution in [2.24, 2.45) is 11.3 Å². The molecule has 3 atom stereocenters. The van der Waals surface area contributed by atoms with E-state index in [-0.39, 0.29) is 23.9 Å². The molecule has 0 saturated carbocycles. The number of nitrogens with zero attached hydrogens (tertiary/aromatic N) is 1. The molecule has 2 fully saturated rings. The maximum Gasteiger partial charge on any atom is 0.123 e. The minimum absolute atomic E-state index is 0.0259. The van der Waals surface area contributed by atoms with E-state index < -0.39 is 0 Å². The lowest BCUT2D eigenvalue weighted by molar-refractivity contribution is 0.0193. The molecule has 2 heterocycles. The van der Waals surface area contributed by atoms with Crippen LogP contribution in [-0.2, 0) is 6.42 Å². The van der Waals surface area contributed by atoms with Crippen molar-refractivity contribution in [1.82, 2.24) is 15.8 Å². The van der Waals surface area contributed by atoms with E-state index in [0.717, 1.165) is 57.4 Å². The molecule has 0 aliphatic carbocycles. The Bertz CT molecular complexity index is 787. The van der Waals surface area contributed by atoms with Gasteiger partial charge in [0.25, 0.3) is 0 Å². The molecule has 156 valence electrons. The fourth-order valence-corrected chi connectivity index (χ4v) is 5.03. The summed E-state index contributed by atoms with van der Waals surface area (Å²) in [5.41, 5.74) is 8.90. The maximum atomic E-state index is 13.7. The molecule has 4 nitrogen and oxygen atoms in total. The summed E-state index contributed by atoms with van der Waals surface area (Å²) >= 11 is 0. The molecule has 0 spiro atoms. The zero-order valence-electron chi connectivity index (χ0n) is 17.0. The number of nitrogens with one attached hydrogen (secondary N) is 2. The molecule has 5 heteroatoms. The van der Waals surface area contributed by atoms with E-state index in [1.807, 2.05) is 12.1 Å². The van der Waals surface area contributed by atoms with E-state index in [0.29, 0.717) is 5.92 Å². The van der Waals surface area contributed by atoms with Gasteiger partial charge in [-0.15, -0.1) is 0 Å². The highest BCUT2D eigenvalue weighted by molar-refractivity contribution is 5.22. The second-order valence-corrected chi connectivity index (χ2v) is 8.80. The first-order chi connectivity index (χ1) is 14.2. The SMILES string of the molecule is OCC1(CCc2ccccc2)CCCN(CC2CNNC2c2cccc(F)c2)C1. The van der Waals surface area contributed by atoms with Gasteiger partial charge in [-0.2, -0.15) is 0 Å². The number of aryl methyl sites for hydroxylation is 1. The van der Waals surface area contributed by atoms with Crippen molar-refractivity contribution in [3.05, 3.63) is 71.5 Å². The molecule has 0 radical (unpaired) electrons. The van der Waals surface area contributed by atoms with E-state index >= 15 is 0 Å². The zero-order chi connectivity index (χ0) is 20.1. The predicted molar refractivity (Wildman–Crippen MR) is 114 cm³/mol. The van der Waals surface area contributed by atoms with Crippen LogP contribution in [0.5, 0.6) is 0 Å². The van der Waals surface area contributed by atoms with Crippen molar-refractivity contribution in [3.8, 4) is 0 Å². The number of hydrogen-bond donors (Lipinski definition) is 3. The Labute approximate surface area is 173 Å². The molecule has 0 bridgehead atoms. The van der Waals surface area contributed by atoms with Crippen LogP contribution in [0.15, 0.2) is 54.6 Å². The van der Waals surface area contributed by atoms with Gasteiger partial charge < -0.3 is 10.0 Å². The third-order valence-corrected chi connectivity index (χ3v) is 6.66. The molecule has 2 aliphatic heterocycles. The quantitative estimate of drug-likeness (QED) is 0.671. The zero-order valence-corrected chi connectivity index (χ0v) is 17.0. The molecule has 29 heavy (non-hydrogen) atoms. The van der Waals surface area contributed by atoms with Crippen LogP contribution >= 0.6 is 0 Å². The number of aliphatic hydroxyl groups is 1. The first kappa shape index (κ1) is 20.5. The second kappa shape index (κ2) is 9.35. The summed E-state index contributed by atoms with van der Waals surface area (Å²) in [5, 5.41) is 10.3. The number of benzene rings is 2. The van der Waals surface area contributed by atoms with Crippen LogP contribution in [0.2, 0.25) is 0 Å². The first-order valence-corrected chi connectivity index (χ1v) is 10.8. The van der Waals surface area contributed by atoms with Gasteiger partial charge in [0.1, 0.15) is 5.82 Å². The summed E-state index contributed by atoms with van der Waals surface area (Å²) in [4.78, 5) is 2.51. The molecule has 2 aromatic rings. The average molecular weight is 398 g/mol. The Hall–Kier alpha value is -1.79. The molecule has 0 aromatic heterocycles. The highest BCUT2D eigenvalue weighted by atomic mass is 19.1. The third-order valence-electron chi connectivity index (χ3n) is 6.66. The Balaban J connectivity index is 1.39. The molecule has 3 N–H and O–H groups in total. The Kier molecular flexibility index (Phi) is 6.60. The molecule has 2 aliphatic rings. The van der Waals surface area contributed by atoms with Crippen molar-refractivity contribution in [2.75, 3.05) is 32.8 Å². The highest BCUT2D eigenvalue weighted by Gasteiger charge is 2.37. The Morgan fingerprint density at radius 1 is 1.14 bits per heavy atom. The van der Waals surface area contributed by atoms with Gasteiger partial charge in [-0.25, -0.2) is 9.82 Å². The Morgan fingerprint density at radius 3 is 2.79 bits per heavy atom. The van der Waals surface area contributed by atoms with E-state index in [1.54, 1.807) is 12.1 Å². The summed E-state index contributed by atoms with van der Waals surface area (Å²) in [7, 11) is 0. The summed E-state index contributed by atoms with van der Waals surface area (Å²) < 4.78 is 13.7. The molecule has 0 amide bonds. The van der Waals surface area contributed by atoms with Crippen molar-refractivity contribution in [1.29, 1.82) is 0 Å². The number of aliphatic hydroxyl groups excluding tert-OH is 1. The lowest BCUT2D eigenvalue weighted by atomic mass is 9.76. The fraction of sp³-hybridized carbons (Fsp3) is 0.500. The van der Waals surface area contributed by atoms with E-state index in [2.05, 4.69) is 40.0 Å². The monoisotopic (exact) mass is 397 g/mol. The number of halogens is 1. The van der Waals surface area contributed by atoms with E-state index in [4.69, 9.17) is 0 Å². The average Bonchev–Trinajstić information content (AvgIpc) is 3.21. The van der Waals surface area contributed by atoms with Crippen LogP contribution in [0, 0.1) is 17.2 Å². The minimum Gasteiger partial charge on any atom is -0.396 e. The van der Waals surface area contributed by atoms with Gasteiger partial charge >= 0.3 is 0 Å². The largest absolute Gasteiger partial charge is 0.396 e. The van der Waals surface area contributed by atoms with Crippen molar-refractivity contribution in [3.63, 3.8) is 0 Å². The van der Waals surface area contributed by atoms with Crippen LogP contribution in [0.4, 0.5) is 4.39 Å². The second-order valence-electron chi connectivity index (χ2n) is 8.80. The molecule has 2 saturated heterocycles. The van der Waals surface area contributed by atoms with Crippen LogP contribution in [0.1, 0.15) is 36.4 Å². The lowest BCUT2D eigenvalue weighted by Gasteiger charge is -2.43. The van der Waals surface area contributed by atoms with Gasteiger partial charge in [-0.05, 0) is 55.5 Å². The predicted octanol–water partition coefficient (Wildman–Crippen LogP) is 3.30. The van der Waals surface area contributed by atoms with Gasteiger partial charge in [0, 0.05) is 37.6 Å². The highest BCUT2D eigenvalue weighted by Crippen LogP contribution is 2.36. The van der Waals surface area contributed by atoms with Gasteiger partial charge in [0.15, 0.2) is 0 Å². The maximum absolute atomic E-state index is 13.7. The van der Waals surface area contributed by atoms with Crippen molar-refractivity contribution in [2.45, 2.75) is 31.7 Å². The van der Waals surface area contributed by atoms with Crippen LogP contribution in [-0.4, -0.2) is 42.8 Å². The normalized spacial score (nSPS) is 27.9. The summed E-state index contributed by atoms with van der Waals surface area (Å²) in [5.74, 6) is 0.188. The number of likely N-dealkylation sites (tertiary alicyclic amines) is 1. The number of hydrogen-bond acceptors (Lipinski definition) is 4. The molecular formula is C24H32FN3O. The first-order valence-electron chi connectivity index (χ1n) is 10.8. The molecular weight excluding hydrogens is 365 g/mol. The summed E-state index contributed by atoms with van der Waals surface area (Å²) in [6.07, 6.45) is 4.22. The Morgan fingerprint density at radius 2 is 2.00 bits per heavy atom. The summed E-state index contributed by atoms with van der Waals surface area (Å²) in [6.45, 7) is 4.06. The van der Waals surface area contributed by atoms with Gasteiger partial charge in [-0.1, -0.05) is 42.5 Å². The van der Waals surface area contributed by atoms with Crippen molar-refractivity contribution < 1.29 is 9.50 Å². The molecule has 2 aromatic carbocycles. The fourth-order valence-electron chi connectivity index (χ4n) is 5.03. The van der Waals surface area contributed by atoms with E-state index in [1.165, 1.54) is 11.6 Å². The third kappa shape index (κ3) is 5.04. The number of piperidine rings is 1. The van der Waals surface area contributed by atoms with Crippen LogP contribution in [0.25, 0.3) is 0 Å². The van der Waals surface area contributed by atoms with Gasteiger partial charge in [0.2, 0.25) is 0 Å². The minimum atomic E-state index is -0.187. The van der Waals surface area contributed by atoms with Crippen molar-refractivity contribution >= 4 is 0 Å². The lowest BCUT2D eigenvalue weighted by Crippen LogP contribution is -2.47. The molecule has 4 rings (SSSR count). The topological polar surface area (TPSA) is 47.5 Å². The van der Waals surface area contributed by atoms with Gasteiger partial charge in [0.05, 0.1) is 6.04 Å².